The number of rotatable bonds is 9. The second-order valence-electron chi connectivity index (χ2n) is 9.89. The number of halogens is 2. The van der Waals surface area contributed by atoms with E-state index in [-0.39, 0.29) is 17.1 Å². The highest BCUT2D eigenvalue weighted by Gasteiger charge is 2.39. The zero-order chi connectivity index (χ0) is 25.5. The normalized spacial score (nSPS) is 18.1. The van der Waals surface area contributed by atoms with E-state index in [1.165, 1.54) is 12.3 Å². The molecule has 5 nitrogen and oxygen atoms in total. The fourth-order valence-electron chi connectivity index (χ4n) is 4.83. The Morgan fingerprint density at radius 2 is 2.00 bits per heavy atom. The Hall–Kier alpha value is -2.96. The highest BCUT2D eigenvalue weighted by Crippen LogP contribution is 2.36. The van der Waals surface area contributed by atoms with Gasteiger partial charge in [0.1, 0.15) is 11.6 Å². The van der Waals surface area contributed by atoms with E-state index in [0.29, 0.717) is 37.7 Å². The summed E-state index contributed by atoms with van der Waals surface area (Å²) in [5, 5.41) is 0.699. The molecule has 0 aliphatic carbocycles. The summed E-state index contributed by atoms with van der Waals surface area (Å²) < 4.78 is 19.6. The molecule has 1 aromatic heterocycles. The fraction of sp³-hybridized carbons (Fsp3) is 0.379. The molecule has 3 aromatic rings. The largest absolute Gasteiger partial charge is 0.493 e. The maximum atomic E-state index is 13.4. The third kappa shape index (κ3) is 7.05. The molecule has 1 atom stereocenters. The van der Waals surface area contributed by atoms with Crippen LogP contribution in [0.2, 0.25) is 5.02 Å². The molecule has 0 N–H and O–H groups in total. The Labute approximate surface area is 217 Å². The van der Waals surface area contributed by atoms with E-state index in [4.69, 9.17) is 16.3 Å². The predicted octanol–water partition coefficient (Wildman–Crippen LogP) is 5.89. The van der Waals surface area contributed by atoms with Crippen molar-refractivity contribution >= 4 is 17.5 Å². The smallest absolute Gasteiger partial charge is 0.223 e. The number of ether oxygens (including phenoxy) is 1. The molecule has 1 aliphatic heterocycles. The SMILES string of the molecule is Cc1cc(OC[C@]2(CC(=O)N(C)Cc3ccccc3)CCCN(Cc3ccc(F)cn3)C2)ccc1Cl. The number of hydrogen-bond donors (Lipinski definition) is 0. The third-order valence-corrected chi connectivity index (χ3v) is 7.23. The number of pyridine rings is 1. The number of carbonyl (C=O) groups excluding carboxylic acids is 1. The zero-order valence-corrected chi connectivity index (χ0v) is 21.7. The molecular weight excluding hydrogens is 477 g/mol. The van der Waals surface area contributed by atoms with Gasteiger partial charge in [0, 0.05) is 43.5 Å². The first kappa shape index (κ1) is 26.1. The molecule has 0 spiro atoms. The molecule has 1 fully saturated rings. The van der Waals surface area contributed by atoms with E-state index < -0.39 is 0 Å². The van der Waals surface area contributed by atoms with Crippen LogP contribution < -0.4 is 4.74 Å². The van der Waals surface area contributed by atoms with Gasteiger partial charge >= 0.3 is 0 Å². The summed E-state index contributed by atoms with van der Waals surface area (Å²) in [5.74, 6) is 0.501. The molecule has 4 rings (SSSR count). The second kappa shape index (κ2) is 11.8. The van der Waals surface area contributed by atoms with Gasteiger partial charge in [-0.05, 0) is 67.8 Å². The second-order valence-corrected chi connectivity index (χ2v) is 10.3. The van der Waals surface area contributed by atoms with E-state index in [9.17, 15) is 9.18 Å². The molecular formula is C29H33ClFN3O2. The van der Waals surface area contributed by atoms with Crippen molar-refractivity contribution < 1.29 is 13.9 Å². The van der Waals surface area contributed by atoms with Crippen molar-refractivity contribution in [2.45, 2.75) is 39.3 Å². The van der Waals surface area contributed by atoms with Crippen LogP contribution in [0.4, 0.5) is 4.39 Å². The number of amides is 1. The fourth-order valence-corrected chi connectivity index (χ4v) is 4.95. The van der Waals surface area contributed by atoms with E-state index in [1.54, 1.807) is 11.0 Å². The van der Waals surface area contributed by atoms with Gasteiger partial charge in [0.2, 0.25) is 5.91 Å². The Kier molecular flexibility index (Phi) is 8.60. The van der Waals surface area contributed by atoms with E-state index in [1.807, 2.05) is 62.5 Å². The number of piperidine rings is 1. The minimum atomic E-state index is -0.353. The molecule has 1 saturated heterocycles. The van der Waals surface area contributed by atoms with Crippen molar-refractivity contribution in [2.75, 3.05) is 26.7 Å². The van der Waals surface area contributed by atoms with Crippen molar-refractivity contribution in [3.63, 3.8) is 0 Å². The maximum absolute atomic E-state index is 13.4. The van der Waals surface area contributed by atoms with Crippen molar-refractivity contribution in [1.82, 2.24) is 14.8 Å². The number of hydrogen-bond acceptors (Lipinski definition) is 4. The number of aryl methyl sites for hydroxylation is 1. The van der Waals surface area contributed by atoms with Gasteiger partial charge in [0.25, 0.3) is 0 Å². The summed E-state index contributed by atoms with van der Waals surface area (Å²) in [4.78, 5) is 21.7. The van der Waals surface area contributed by atoms with Gasteiger partial charge in [0.05, 0.1) is 18.5 Å². The zero-order valence-electron chi connectivity index (χ0n) is 20.9. The van der Waals surface area contributed by atoms with Crippen LogP contribution in [0.25, 0.3) is 0 Å². The van der Waals surface area contributed by atoms with Crippen molar-refractivity contribution in [2.24, 2.45) is 5.41 Å². The topological polar surface area (TPSA) is 45.7 Å². The molecule has 2 aromatic carbocycles. The van der Waals surface area contributed by atoms with Crippen LogP contribution in [0, 0.1) is 18.2 Å². The monoisotopic (exact) mass is 509 g/mol. The number of benzene rings is 2. The Morgan fingerprint density at radius 1 is 1.19 bits per heavy atom. The Balaban J connectivity index is 1.49. The number of likely N-dealkylation sites (tertiary alicyclic amines) is 1. The van der Waals surface area contributed by atoms with Gasteiger partial charge in [-0.2, -0.15) is 0 Å². The van der Waals surface area contributed by atoms with Gasteiger partial charge < -0.3 is 9.64 Å². The lowest BCUT2D eigenvalue weighted by molar-refractivity contribution is -0.135. The molecule has 7 heteroatoms. The van der Waals surface area contributed by atoms with Gasteiger partial charge in [-0.1, -0.05) is 41.9 Å². The first-order valence-electron chi connectivity index (χ1n) is 12.3. The highest BCUT2D eigenvalue weighted by atomic mass is 35.5. The van der Waals surface area contributed by atoms with E-state index >= 15 is 0 Å². The average molecular weight is 510 g/mol. The van der Waals surface area contributed by atoms with Crippen LogP contribution in [0.5, 0.6) is 5.75 Å². The minimum absolute atomic E-state index is 0.0940. The van der Waals surface area contributed by atoms with Gasteiger partial charge in [-0.25, -0.2) is 4.39 Å². The molecule has 0 radical (unpaired) electrons. The van der Waals surface area contributed by atoms with Crippen LogP contribution >= 0.6 is 11.6 Å². The predicted molar refractivity (Wildman–Crippen MR) is 140 cm³/mol. The Bertz CT molecular complexity index is 1160. The number of carbonyl (C=O) groups is 1. The lowest BCUT2D eigenvalue weighted by Crippen LogP contribution is -2.48. The molecule has 0 bridgehead atoms. The first-order valence-corrected chi connectivity index (χ1v) is 12.7. The van der Waals surface area contributed by atoms with Crippen LogP contribution in [-0.4, -0.2) is 47.4 Å². The molecule has 36 heavy (non-hydrogen) atoms. The van der Waals surface area contributed by atoms with Crippen LogP contribution in [0.15, 0.2) is 66.9 Å². The number of nitrogens with zero attached hydrogens (tertiary/aromatic N) is 3. The van der Waals surface area contributed by atoms with Crippen LogP contribution in [0.1, 0.15) is 36.1 Å². The molecule has 0 unspecified atom stereocenters. The van der Waals surface area contributed by atoms with Gasteiger partial charge in [-0.15, -0.1) is 0 Å². The van der Waals surface area contributed by atoms with E-state index in [0.717, 1.165) is 42.0 Å². The quantitative estimate of drug-likeness (QED) is 0.360. The Morgan fingerprint density at radius 3 is 2.72 bits per heavy atom. The van der Waals surface area contributed by atoms with Crippen LogP contribution in [0.3, 0.4) is 0 Å². The molecule has 190 valence electrons. The van der Waals surface area contributed by atoms with Crippen molar-refractivity contribution in [3.05, 3.63) is 94.5 Å². The van der Waals surface area contributed by atoms with Crippen molar-refractivity contribution in [1.29, 1.82) is 0 Å². The van der Waals surface area contributed by atoms with Gasteiger partial charge in [0.15, 0.2) is 0 Å². The molecule has 0 saturated carbocycles. The maximum Gasteiger partial charge on any atom is 0.223 e. The average Bonchev–Trinajstić information content (AvgIpc) is 2.87. The summed E-state index contributed by atoms with van der Waals surface area (Å²) in [6.45, 7) is 5.14. The third-order valence-electron chi connectivity index (χ3n) is 6.80. The lowest BCUT2D eigenvalue weighted by atomic mass is 9.77. The van der Waals surface area contributed by atoms with E-state index in [2.05, 4.69) is 9.88 Å². The molecule has 2 heterocycles. The standard InChI is InChI=1S/C29H33ClFN3O2/c1-22-15-26(11-12-27(22)30)36-21-29(16-28(35)33(2)18-23-7-4-3-5-8-23)13-6-14-34(20-29)19-25-10-9-24(31)17-32-25/h3-5,7-12,15,17H,6,13-14,16,18-21H2,1-2H3/t29-/m0/s1. The summed E-state index contributed by atoms with van der Waals surface area (Å²) in [5.41, 5.74) is 2.51. The molecule has 1 amide bonds. The number of aromatic nitrogens is 1. The summed E-state index contributed by atoms with van der Waals surface area (Å²) in [6, 6.07) is 18.8. The summed E-state index contributed by atoms with van der Waals surface area (Å²) in [6.07, 6.45) is 3.47. The highest BCUT2D eigenvalue weighted by molar-refractivity contribution is 6.31. The van der Waals surface area contributed by atoms with Gasteiger partial charge in [-0.3, -0.25) is 14.7 Å². The lowest BCUT2D eigenvalue weighted by Gasteiger charge is -2.42. The van der Waals surface area contributed by atoms with Crippen LogP contribution in [-0.2, 0) is 17.9 Å². The minimum Gasteiger partial charge on any atom is -0.493 e. The summed E-state index contributed by atoms with van der Waals surface area (Å²) in [7, 11) is 1.86. The first-order chi connectivity index (χ1) is 17.3. The van der Waals surface area contributed by atoms with Crippen molar-refractivity contribution in [3.8, 4) is 5.75 Å². The summed E-state index contributed by atoms with van der Waals surface area (Å²) >= 11 is 6.19. The molecule has 1 aliphatic rings.